The monoisotopic (exact) mass is 533 g/mol. The standard InChI is InChI=1S/C25H25Cl2N3O6/c1-2-14-13-30(25(34)29-23(14)32)21-11-18(31)20(35-21)12-28-24(33)22(15-6-4-3-5-7-15)36-19-9-8-16(26)10-17(19)27/h3-10,13,18,20-22,31H,2,11-12H2,1H3,(H,28,33)(H,29,32,34)/t18-,20+,21+,22?/m0/s1. The van der Waals surface area contributed by atoms with Crippen LogP contribution in [0.5, 0.6) is 5.75 Å². The molecule has 1 saturated heterocycles. The van der Waals surface area contributed by atoms with E-state index in [4.69, 9.17) is 32.7 Å². The van der Waals surface area contributed by atoms with Crippen LogP contribution in [-0.2, 0) is 16.0 Å². The SMILES string of the molecule is CCc1cn([C@H]2C[C@H](O)[C@@H](CNC(=O)C(Oc3ccc(Cl)cc3Cl)c3ccccc3)O2)c(=O)[nH]c1=O. The zero-order chi connectivity index (χ0) is 25.8. The number of aryl methyl sites for hydroxylation is 1. The largest absolute Gasteiger partial charge is 0.474 e. The van der Waals surface area contributed by atoms with E-state index in [2.05, 4.69) is 10.3 Å². The van der Waals surface area contributed by atoms with Crippen molar-refractivity contribution in [2.45, 2.75) is 44.3 Å². The van der Waals surface area contributed by atoms with Crippen LogP contribution in [0, 0.1) is 0 Å². The van der Waals surface area contributed by atoms with Crippen molar-refractivity contribution in [2.75, 3.05) is 6.54 Å². The third kappa shape index (κ3) is 5.82. The van der Waals surface area contributed by atoms with Crippen molar-refractivity contribution in [3.8, 4) is 5.75 Å². The van der Waals surface area contributed by atoms with Crippen molar-refractivity contribution in [3.05, 3.63) is 96.7 Å². The molecule has 4 atom stereocenters. The normalized spacial score (nSPS) is 20.2. The number of aliphatic hydroxyl groups excluding tert-OH is 1. The van der Waals surface area contributed by atoms with Gasteiger partial charge in [0, 0.05) is 35.3 Å². The molecule has 0 spiro atoms. The number of halogens is 2. The van der Waals surface area contributed by atoms with Gasteiger partial charge in [0.05, 0.1) is 11.1 Å². The van der Waals surface area contributed by atoms with Crippen LogP contribution in [0.3, 0.4) is 0 Å². The first-order chi connectivity index (χ1) is 17.3. The molecule has 3 N–H and O–H groups in total. The molecule has 36 heavy (non-hydrogen) atoms. The van der Waals surface area contributed by atoms with Crippen LogP contribution < -0.4 is 21.3 Å². The van der Waals surface area contributed by atoms with E-state index >= 15 is 0 Å². The van der Waals surface area contributed by atoms with Gasteiger partial charge < -0.3 is 19.9 Å². The lowest BCUT2D eigenvalue weighted by molar-refractivity contribution is -0.129. The number of nitrogens with one attached hydrogen (secondary N) is 2. The highest BCUT2D eigenvalue weighted by molar-refractivity contribution is 6.35. The molecule has 3 aromatic rings. The Morgan fingerprint density at radius 1 is 1.25 bits per heavy atom. The van der Waals surface area contributed by atoms with E-state index in [9.17, 15) is 19.5 Å². The van der Waals surface area contributed by atoms with Gasteiger partial charge >= 0.3 is 5.69 Å². The Morgan fingerprint density at radius 3 is 2.69 bits per heavy atom. The summed E-state index contributed by atoms with van der Waals surface area (Å²) in [6.07, 6.45) is -1.55. The number of benzene rings is 2. The van der Waals surface area contributed by atoms with E-state index in [0.29, 0.717) is 22.6 Å². The smallest absolute Gasteiger partial charge is 0.330 e. The first kappa shape index (κ1) is 26.0. The number of amides is 1. The predicted octanol–water partition coefficient (Wildman–Crippen LogP) is 2.99. The summed E-state index contributed by atoms with van der Waals surface area (Å²) in [5, 5.41) is 14.0. The molecular weight excluding hydrogens is 509 g/mol. The fourth-order valence-electron chi connectivity index (χ4n) is 3.95. The molecule has 1 aromatic heterocycles. The molecule has 0 aliphatic carbocycles. The first-order valence-corrected chi connectivity index (χ1v) is 12.1. The third-order valence-corrected chi connectivity index (χ3v) is 6.42. The van der Waals surface area contributed by atoms with Crippen LogP contribution in [0.4, 0.5) is 0 Å². The second-order valence-corrected chi connectivity index (χ2v) is 9.18. The molecule has 0 radical (unpaired) electrons. The number of carbonyl (C=O) groups excluding carboxylic acids is 1. The summed E-state index contributed by atoms with van der Waals surface area (Å²) in [4.78, 5) is 39.6. The average molecular weight is 534 g/mol. The van der Waals surface area contributed by atoms with Crippen LogP contribution in [0.25, 0.3) is 0 Å². The van der Waals surface area contributed by atoms with E-state index in [-0.39, 0.29) is 23.7 Å². The highest BCUT2D eigenvalue weighted by atomic mass is 35.5. The van der Waals surface area contributed by atoms with Gasteiger partial charge in [0.2, 0.25) is 6.10 Å². The van der Waals surface area contributed by atoms with Gasteiger partial charge in [-0.05, 0) is 24.6 Å². The number of hydrogen-bond acceptors (Lipinski definition) is 6. The van der Waals surface area contributed by atoms with Crippen molar-refractivity contribution < 1.29 is 19.4 Å². The van der Waals surface area contributed by atoms with E-state index in [0.717, 1.165) is 0 Å². The molecule has 1 aliphatic heterocycles. The Kier molecular flexibility index (Phi) is 8.15. The Morgan fingerprint density at radius 2 is 2.00 bits per heavy atom. The summed E-state index contributed by atoms with van der Waals surface area (Å²) in [6.45, 7) is 1.76. The van der Waals surface area contributed by atoms with E-state index in [1.54, 1.807) is 43.3 Å². The van der Waals surface area contributed by atoms with Crippen molar-refractivity contribution in [1.82, 2.24) is 14.9 Å². The van der Waals surface area contributed by atoms with Crippen molar-refractivity contribution in [3.63, 3.8) is 0 Å². The molecule has 2 aromatic carbocycles. The lowest BCUT2D eigenvalue weighted by Crippen LogP contribution is -2.40. The molecule has 1 fully saturated rings. The van der Waals surface area contributed by atoms with Crippen LogP contribution in [0.1, 0.15) is 36.8 Å². The zero-order valence-corrected chi connectivity index (χ0v) is 20.8. The zero-order valence-electron chi connectivity index (χ0n) is 19.3. The predicted molar refractivity (Wildman–Crippen MR) is 135 cm³/mol. The van der Waals surface area contributed by atoms with Gasteiger partial charge in [0.25, 0.3) is 11.5 Å². The van der Waals surface area contributed by atoms with Gasteiger partial charge in [0.15, 0.2) is 0 Å². The second kappa shape index (κ2) is 11.3. The van der Waals surface area contributed by atoms with Gasteiger partial charge in [0.1, 0.15) is 18.1 Å². The topological polar surface area (TPSA) is 123 Å². The number of nitrogens with zero attached hydrogens (tertiary/aromatic N) is 1. The number of aromatic nitrogens is 2. The summed E-state index contributed by atoms with van der Waals surface area (Å²) in [6, 6.07) is 13.6. The van der Waals surface area contributed by atoms with Gasteiger partial charge in [-0.1, -0.05) is 60.5 Å². The number of carbonyl (C=O) groups is 1. The van der Waals surface area contributed by atoms with Crippen LogP contribution in [0.15, 0.2) is 64.3 Å². The molecular formula is C25H25Cl2N3O6. The quantitative estimate of drug-likeness (QED) is 0.409. The number of aromatic amines is 1. The van der Waals surface area contributed by atoms with Crippen LogP contribution in [0.2, 0.25) is 10.0 Å². The van der Waals surface area contributed by atoms with E-state index in [1.807, 2.05) is 6.07 Å². The summed E-state index contributed by atoms with van der Waals surface area (Å²) >= 11 is 12.2. The van der Waals surface area contributed by atoms with E-state index in [1.165, 1.54) is 16.8 Å². The van der Waals surface area contributed by atoms with Gasteiger partial charge in [-0.25, -0.2) is 4.79 Å². The van der Waals surface area contributed by atoms with Gasteiger partial charge in [-0.15, -0.1) is 0 Å². The second-order valence-electron chi connectivity index (χ2n) is 8.34. The van der Waals surface area contributed by atoms with Crippen molar-refractivity contribution in [1.29, 1.82) is 0 Å². The average Bonchev–Trinajstić information content (AvgIpc) is 3.22. The number of ether oxygens (including phenoxy) is 2. The summed E-state index contributed by atoms with van der Waals surface area (Å²) < 4.78 is 13.1. The fraction of sp³-hybridized carbons (Fsp3) is 0.320. The molecule has 0 saturated carbocycles. The number of H-pyrrole nitrogens is 1. The molecule has 0 bridgehead atoms. The fourth-order valence-corrected chi connectivity index (χ4v) is 4.41. The van der Waals surface area contributed by atoms with Gasteiger partial charge in [-0.3, -0.25) is 19.1 Å². The maximum Gasteiger partial charge on any atom is 0.330 e. The molecule has 4 rings (SSSR count). The first-order valence-electron chi connectivity index (χ1n) is 11.4. The molecule has 1 unspecified atom stereocenters. The highest BCUT2D eigenvalue weighted by Gasteiger charge is 2.36. The Balaban J connectivity index is 1.47. The van der Waals surface area contributed by atoms with Gasteiger partial charge in [-0.2, -0.15) is 0 Å². The molecule has 1 aliphatic rings. The summed E-state index contributed by atoms with van der Waals surface area (Å²) in [7, 11) is 0. The highest BCUT2D eigenvalue weighted by Crippen LogP contribution is 2.32. The molecule has 1 amide bonds. The third-order valence-electron chi connectivity index (χ3n) is 5.89. The minimum atomic E-state index is -1.03. The Hall–Kier alpha value is -3.11. The summed E-state index contributed by atoms with van der Waals surface area (Å²) in [5.74, 6) is -0.188. The lowest BCUT2D eigenvalue weighted by Gasteiger charge is -2.22. The maximum atomic E-state index is 13.2. The van der Waals surface area contributed by atoms with Crippen molar-refractivity contribution in [2.24, 2.45) is 0 Å². The van der Waals surface area contributed by atoms with Crippen LogP contribution >= 0.6 is 23.2 Å². The molecule has 2 heterocycles. The van der Waals surface area contributed by atoms with E-state index < -0.39 is 41.7 Å². The number of hydrogen-bond donors (Lipinski definition) is 3. The molecule has 190 valence electrons. The minimum Gasteiger partial charge on any atom is -0.474 e. The molecule has 9 nitrogen and oxygen atoms in total. The van der Waals surface area contributed by atoms with Crippen molar-refractivity contribution >= 4 is 29.1 Å². The lowest BCUT2D eigenvalue weighted by atomic mass is 10.1. The van der Waals surface area contributed by atoms with Crippen LogP contribution in [-0.4, -0.2) is 39.3 Å². The Labute approximate surface area is 216 Å². The number of aliphatic hydroxyl groups is 1. The number of rotatable bonds is 8. The molecule has 11 heteroatoms. The maximum absolute atomic E-state index is 13.2. The minimum absolute atomic E-state index is 0.0315. The summed E-state index contributed by atoms with van der Waals surface area (Å²) in [5.41, 5.74) is -0.0582. The Bertz CT molecular complexity index is 1340.